The van der Waals surface area contributed by atoms with E-state index in [0.29, 0.717) is 0 Å². The highest BCUT2D eigenvalue weighted by molar-refractivity contribution is 7.46. The molecule has 256 valence electrons. The Morgan fingerprint density at radius 1 is 0.867 bits per heavy atom. The molecule has 0 amide bonds. The number of aliphatic hydroxyl groups is 3. The molecule has 0 saturated carbocycles. The SMILES string of the molecule is CNc1nc(OC)nc2c1ncn2C1O[C@H](CO)[C@H](O[C@@H]2OC(CO)[C@H](OP(=O)(O)O)C(OP(=O)(O)O)[C@@H]2O)[C@@H]1OP(=O)(O)O. The summed E-state index contributed by atoms with van der Waals surface area (Å²) in [6, 6.07) is -0.150. The number of methoxy groups -OCH3 is 1. The molecule has 2 aliphatic rings. The quantitative estimate of drug-likeness (QED) is 0.0907. The van der Waals surface area contributed by atoms with Gasteiger partial charge in [-0.1, -0.05) is 0 Å². The van der Waals surface area contributed by atoms with Crippen molar-refractivity contribution >= 4 is 40.4 Å². The van der Waals surface area contributed by atoms with E-state index in [1.165, 1.54) is 14.2 Å². The second-order valence-electron chi connectivity index (χ2n) is 9.38. The van der Waals surface area contributed by atoms with Gasteiger partial charge in [-0.05, 0) is 0 Å². The van der Waals surface area contributed by atoms with Crippen LogP contribution < -0.4 is 10.1 Å². The third-order valence-electron chi connectivity index (χ3n) is 6.42. The molecule has 4 rings (SSSR count). The minimum Gasteiger partial charge on any atom is -0.467 e. The monoisotopic (exact) mass is 713 g/mol. The van der Waals surface area contributed by atoms with Crippen molar-refractivity contribution in [2.24, 2.45) is 0 Å². The second kappa shape index (κ2) is 13.8. The number of nitrogens with one attached hydrogen (secondary N) is 1. The van der Waals surface area contributed by atoms with Crippen LogP contribution in [0.3, 0.4) is 0 Å². The number of phosphoric acid groups is 3. The van der Waals surface area contributed by atoms with Gasteiger partial charge in [0.2, 0.25) is 0 Å². The van der Waals surface area contributed by atoms with Crippen molar-refractivity contribution in [3.63, 3.8) is 0 Å². The van der Waals surface area contributed by atoms with Crippen LogP contribution in [0.1, 0.15) is 6.23 Å². The van der Waals surface area contributed by atoms with Gasteiger partial charge in [-0.25, -0.2) is 18.7 Å². The molecule has 2 saturated heterocycles. The fraction of sp³-hybridized carbons (Fsp3) is 0.722. The molecule has 2 aromatic rings. The van der Waals surface area contributed by atoms with Gasteiger partial charge in [-0.2, -0.15) is 9.97 Å². The number of nitrogens with zero attached hydrogens (tertiary/aromatic N) is 4. The van der Waals surface area contributed by atoms with Crippen LogP contribution in [0.25, 0.3) is 11.2 Å². The van der Waals surface area contributed by atoms with Crippen LogP contribution in [0.4, 0.5) is 5.82 Å². The maximum absolute atomic E-state index is 12.1. The second-order valence-corrected chi connectivity index (χ2v) is 13.0. The molecule has 4 heterocycles. The number of ether oxygens (including phenoxy) is 4. The molecule has 0 radical (unpaired) electrons. The minimum absolute atomic E-state index is 0.00492. The maximum Gasteiger partial charge on any atom is 0.470 e. The van der Waals surface area contributed by atoms with E-state index in [1.807, 2.05) is 0 Å². The van der Waals surface area contributed by atoms with Gasteiger partial charge >= 0.3 is 29.5 Å². The van der Waals surface area contributed by atoms with Crippen molar-refractivity contribution in [1.82, 2.24) is 19.5 Å². The number of hydrogen-bond donors (Lipinski definition) is 10. The van der Waals surface area contributed by atoms with Gasteiger partial charge < -0.3 is 68.9 Å². The van der Waals surface area contributed by atoms with Gasteiger partial charge in [0.25, 0.3) is 0 Å². The Bertz CT molecular complexity index is 1480. The van der Waals surface area contributed by atoms with Gasteiger partial charge in [0.05, 0.1) is 26.7 Å². The summed E-state index contributed by atoms with van der Waals surface area (Å²) in [7, 11) is -13.6. The first-order valence-electron chi connectivity index (χ1n) is 12.4. The predicted octanol–water partition coefficient (Wildman–Crippen LogP) is -3.34. The number of hydrogen-bond acceptors (Lipinski definition) is 17. The average Bonchev–Trinajstić information content (AvgIpc) is 3.50. The van der Waals surface area contributed by atoms with Gasteiger partial charge in [-0.15, -0.1) is 0 Å². The lowest BCUT2D eigenvalue weighted by Gasteiger charge is -2.44. The van der Waals surface area contributed by atoms with E-state index < -0.39 is 91.9 Å². The Labute approximate surface area is 251 Å². The molecular formula is C18H30N5O19P3. The summed E-state index contributed by atoms with van der Waals surface area (Å²) >= 11 is 0. The third kappa shape index (κ3) is 8.40. The van der Waals surface area contributed by atoms with E-state index in [2.05, 4.69) is 29.3 Å². The zero-order valence-electron chi connectivity index (χ0n) is 22.9. The first kappa shape index (κ1) is 36.1. The van der Waals surface area contributed by atoms with Crippen LogP contribution in [0.2, 0.25) is 0 Å². The van der Waals surface area contributed by atoms with Crippen LogP contribution in [0, 0.1) is 0 Å². The van der Waals surface area contributed by atoms with Crippen molar-refractivity contribution in [1.29, 1.82) is 0 Å². The van der Waals surface area contributed by atoms with Crippen LogP contribution >= 0.6 is 23.5 Å². The Morgan fingerprint density at radius 3 is 1.96 bits per heavy atom. The summed E-state index contributed by atoms with van der Waals surface area (Å²) in [4.78, 5) is 69.2. The molecule has 27 heteroatoms. The molecule has 0 bridgehead atoms. The Hall–Kier alpha value is -1.76. The molecule has 0 aliphatic carbocycles. The van der Waals surface area contributed by atoms with Crippen LogP contribution in [-0.2, 0) is 41.5 Å². The molecule has 10 N–H and O–H groups in total. The van der Waals surface area contributed by atoms with Crippen LogP contribution in [0.5, 0.6) is 6.01 Å². The van der Waals surface area contributed by atoms with Gasteiger partial charge in [0.1, 0.15) is 42.7 Å². The lowest BCUT2D eigenvalue weighted by atomic mass is 9.99. The average molecular weight is 713 g/mol. The molecule has 0 aromatic carbocycles. The standard InChI is InChI=1S/C18H30N5O19P3/c1-19-14-8-15(22-18(21-14)36-2)23(5-20-8)16-13(42-45(33,34)35)10(6(3-24)37-16)39-17-9(26)12(41-44(30,31)32)11(7(4-25)38-17)40-43(27,28)29/h5-7,9-13,16-17,24-26H,3-4H2,1-2H3,(H,19,21,22)(H2,27,28,29)(H2,30,31,32)(H2,33,34,35)/t6-,7?,9+,10+,11+,12?,13+,16?,17+/m1/s1. The number of imidazole rings is 1. The fourth-order valence-corrected chi connectivity index (χ4v) is 6.41. The number of phosphoric ester groups is 3. The van der Waals surface area contributed by atoms with Crippen molar-refractivity contribution in [3.8, 4) is 6.01 Å². The van der Waals surface area contributed by atoms with Crippen molar-refractivity contribution in [2.45, 2.75) is 55.2 Å². The summed E-state index contributed by atoms with van der Waals surface area (Å²) in [6.07, 6.45) is -16.5. The molecule has 0 spiro atoms. The zero-order valence-corrected chi connectivity index (χ0v) is 25.6. The molecule has 2 aliphatic heterocycles. The smallest absolute Gasteiger partial charge is 0.467 e. The van der Waals surface area contributed by atoms with E-state index in [-0.39, 0.29) is 23.0 Å². The lowest BCUT2D eigenvalue weighted by Crippen LogP contribution is -2.61. The van der Waals surface area contributed by atoms with Gasteiger partial charge in [0, 0.05) is 7.05 Å². The molecule has 2 aromatic heterocycles. The third-order valence-corrected chi connectivity index (χ3v) is 7.98. The van der Waals surface area contributed by atoms with E-state index in [0.717, 1.165) is 10.9 Å². The molecule has 3 unspecified atom stereocenters. The maximum atomic E-state index is 12.1. The molecule has 24 nitrogen and oxygen atoms in total. The molecular weight excluding hydrogens is 683 g/mol. The summed E-state index contributed by atoms with van der Waals surface area (Å²) in [5.74, 6) is 0.185. The summed E-state index contributed by atoms with van der Waals surface area (Å²) < 4.78 is 72.3. The highest BCUT2D eigenvalue weighted by atomic mass is 31.2. The van der Waals surface area contributed by atoms with Crippen LogP contribution in [0.15, 0.2) is 6.33 Å². The Morgan fingerprint density at radius 2 is 1.42 bits per heavy atom. The summed E-state index contributed by atoms with van der Waals surface area (Å²) in [6.45, 7) is -2.04. The van der Waals surface area contributed by atoms with Gasteiger partial charge in [-0.3, -0.25) is 18.1 Å². The lowest BCUT2D eigenvalue weighted by molar-refractivity contribution is -0.313. The summed E-state index contributed by atoms with van der Waals surface area (Å²) in [5, 5.41) is 33.6. The first-order valence-corrected chi connectivity index (χ1v) is 17.0. The van der Waals surface area contributed by atoms with E-state index in [1.54, 1.807) is 0 Å². The van der Waals surface area contributed by atoms with E-state index >= 15 is 0 Å². The Balaban J connectivity index is 1.74. The highest BCUT2D eigenvalue weighted by Crippen LogP contribution is 2.49. The van der Waals surface area contributed by atoms with Gasteiger partial charge in [0.15, 0.2) is 29.5 Å². The number of rotatable bonds is 13. The van der Waals surface area contributed by atoms with Crippen molar-refractivity contribution < 1.29 is 90.9 Å². The van der Waals surface area contributed by atoms with Crippen molar-refractivity contribution in [3.05, 3.63) is 6.33 Å². The van der Waals surface area contributed by atoms with Crippen molar-refractivity contribution in [2.75, 3.05) is 32.7 Å². The fourth-order valence-electron chi connectivity index (χ4n) is 4.74. The highest BCUT2D eigenvalue weighted by Gasteiger charge is 2.56. The summed E-state index contributed by atoms with van der Waals surface area (Å²) in [5.41, 5.74) is 0.141. The van der Waals surface area contributed by atoms with E-state index in [4.69, 9.17) is 23.5 Å². The largest absolute Gasteiger partial charge is 0.470 e. The normalized spacial score (nSPS) is 31.4. The number of anilines is 1. The molecule has 9 atom stereocenters. The topological polar surface area (TPSA) is 354 Å². The number of aromatic nitrogens is 4. The number of fused-ring (bicyclic) bond motifs is 1. The predicted molar refractivity (Wildman–Crippen MR) is 140 cm³/mol. The van der Waals surface area contributed by atoms with E-state index in [9.17, 15) is 58.4 Å². The zero-order chi connectivity index (χ0) is 33.5. The molecule has 45 heavy (non-hydrogen) atoms. The Kier molecular flexibility index (Phi) is 11.0. The number of aliphatic hydroxyl groups excluding tert-OH is 3. The first-order chi connectivity index (χ1) is 20.9. The molecule has 2 fully saturated rings. The minimum atomic E-state index is -5.53. The van der Waals surface area contributed by atoms with Crippen LogP contribution in [-0.4, -0.2) is 141 Å².